The third-order valence-electron chi connectivity index (χ3n) is 18.3. The molecule has 0 amide bonds. The van der Waals surface area contributed by atoms with Crippen LogP contribution in [0.2, 0.25) is 0 Å². The number of hydrogen-bond donors (Lipinski definition) is 10. The van der Waals surface area contributed by atoms with Crippen LogP contribution >= 0.6 is 0 Å². The molecule has 34 heteroatoms. The zero-order valence-electron chi connectivity index (χ0n) is 62.1. The summed E-state index contributed by atoms with van der Waals surface area (Å²) in [7, 11) is 0. The molecule has 2 saturated heterocycles. The van der Waals surface area contributed by atoms with Gasteiger partial charge in [-0.05, 0) is 161 Å². The van der Waals surface area contributed by atoms with Gasteiger partial charge in [0.05, 0.1) is 38.9 Å². The van der Waals surface area contributed by atoms with Crippen molar-refractivity contribution < 1.29 is 74.4 Å². The number of carbonyl (C=O) groups is 4. The molecular formula is C79H106F9N21O4. The molecule has 4 atom stereocenters. The molecule has 9 aromatic heterocycles. The van der Waals surface area contributed by atoms with Crippen LogP contribution in [0.25, 0.3) is 6.08 Å². The van der Waals surface area contributed by atoms with Gasteiger partial charge in [-0.1, -0.05) is 55.8 Å². The fraction of sp³-hybridized carbons (Fsp3) is 0.304. The zero-order valence-corrected chi connectivity index (χ0v) is 62.1. The molecule has 113 heavy (non-hydrogen) atoms. The molecule has 3 aliphatic rings. The van der Waals surface area contributed by atoms with E-state index in [0.29, 0.717) is 60.9 Å². The van der Waals surface area contributed by atoms with E-state index in [1.54, 1.807) is 31.3 Å². The number of aryl methyl sites for hydroxylation is 2. The van der Waals surface area contributed by atoms with E-state index >= 15 is 0 Å². The maximum Gasteiger partial charge on any atom is 0.418 e. The normalized spacial score (nSPS) is 16.5. The molecule has 1 aliphatic carbocycles. The maximum atomic E-state index is 13.7. The molecule has 10 aromatic rings. The SMILES string of the molecule is C/C=C\c1ccc(N2CCN[C@@H](CC(C)C)C2)nc1C(=O)c1cccnc1N.Cc1cc(Nc2ccc(C(F)(F)F)c(C(=O)c3cccnc3N)n2)n[nH]1.Cc1cccc(C2CN(c3ccc(C(F)(F)F)c(C(=O)c4cccnc4N)n3)CCN2)c1.Nc1ncccc1C(=O)c1nc(NC2CCCC(N)C2)ccc1C(F)(F)F.[HH].[HH].[HH].[HH].[HH].[HH].[HH].[HH].[HH].[HH].[HH]. The molecule has 3 unspecified atom stereocenters. The van der Waals surface area contributed by atoms with Crippen LogP contribution in [0.3, 0.4) is 0 Å². The Labute approximate surface area is 660 Å². The Morgan fingerprint density at radius 3 is 1.50 bits per heavy atom. The minimum absolute atomic E-state index is 0. The molecule has 15 N–H and O–H groups in total. The highest BCUT2D eigenvalue weighted by Crippen LogP contribution is 2.38. The molecule has 3 fully saturated rings. The van der Waals surface area contributed by atoms with E-state index in [9.17, 15) is 58.7 Å². The van der Waals surface area contributed by atoms with Gasteiger partial charge in [-0.2, -0.15) is 44.6 Å². The summed E-state index contributed by atoms with van der Waals surface area (Å²) in [6.45, 7) is 14.5. The molecule has 13 rings (SSSR count). The van der Waals surface area contributed by atoms with Crippen LogP contribution in [0.5, 0.6) is 0 Å². The second-order valence-electron chi connectivity index (χ2n) is 27.3. The van der Waals surface area contributed by atoms with Gasteiger partial charge in [-0.3, -0.25) is 24.3 Å². The van der Waals surface area contributed by atoms with Gasteiger partial charge in [-0.25, -0.2) is 39.9 Å². The van der Waals surface area contributed by atoms with Gasteiger partial charge < -0.3 is 59.7 Å². The Hall–Kier alpha value is -12.3. The van der Waals surface area contributed by atoms with E-state index in [1.165, 1.54) is 67.1 Å². The summed E-state index contributed by atoms with van der Waals surface area (Å²) in [6, 6.07) is 32.0. The Kier molecular flexibility index (Phi) is 27.0. The fourth-order valence-electron chi connectivity index (χ4n) is 13.0. The number of allylic oxidation sites excluding steroid dienone is 1. The van der Waals surface area contributed by atoms with Gasteiger partial charge >= 0.3 is 18.5 Å². The molecule has 2 aliphatic heterocycles. The lowest BCUT2D eigenvalue weighted by molar-refractivity contribution is -0.138. The Bertz CT molecular complexity index is 5110. The molecular weight excluding hydrogens is 1480 g/mol. The molecule has 614 valence electrons. The average Bonchev–Trinajstić information content (AvgIpc) is 0.863. The van der Waals surface area contributed by atoms with Gasteiger partial charge in [0.2, 0.25) is 23.1 Å². The van der Waals surface area contributed by atoms with Crippen molar-refractivity contribution in [2.45, 2.75) is 109 Å². The second kappa shape index (κ2) is 36.7. The number of carbonyl (C=O) groups excluding carboxylic acids is 4. The van der Waals surface area contributed by atoms with E-state index in [0.717, 1.165) is 97.8 Å². The van der Waals surface area contributed by atoms with Gasteiger partial charge in [0.1, 0.15) is 69.3 Å². The number of anilines is 9. The van der Waals surface area contributed by atoms with E-state index in [2.05, 4.69) is 91.2 Å². The smallest absolute Gasteiger partial charge is 0.383 e. The molecule has 0 bridgehead atoms. The number of nitrogens with two attached hydrogens (primary N) is 5. The number of alkyl halides is 9. The third kappa shape index (κ3) is 21.6. The van der Waals surface area contributed by atoms with Crippen molar-refractivity contribution in [2.75, 3.05) is 82.6 Å². The van der Waals surface area contributed by atoms with Crippen molar-refractivity contribution in [2.24, 2.45) is 11.7 Å². The lowest BCUT2D eigenvalue weighted by Gasteiger charge is -2.35. The minimum Gasteiger partial charge on any atom is -0.383 e. The number of rotatable bonds is 18. The summed E-state index contributed by atoms with van der Waals surface area (Å²) in [5.74, 6) is -0.860. The second-order valence-corrected chi connectivity index (χ2v) is 27.3. The number of halogens is 9. The summed E-state index contributed by atoms with van der Waals surface area (Å²) in [5.41, 5.74) is 27.5. The first-order valence-corrected chi connectivity index (χ1v) is 36.0. The van der Waals surface area contributed by atoms with Crippen molar-refractivity contribution in [1.29, 1.82) is 0 Å². The van der Waals surface area contributed by atoms with E-state index in [4.69, 9.17) is 33.7 Å². The number of nitrogens with one attached hydrogen (secondary N) is 5. The number of H-pyrrole nitrogens is 1. The number of hydrogen-bond acceptors (Lipinski definition) is 24. The number of nitrogens with zero attached hydrogens (tertiary/aromatic N) is 11. The predicted octanol–water partition coefficient (Wildman–Crippen LogP) is 15.7. The standard InChI is InChI=1S/C23H22F3N5O.C22H29N5O.C18H20F3N5O.C16H13F3N6O.11H2/c1-14-4-2-5-15(12-14)18-13-31(11-10-28-18)19-8-7-17(23(24,25)26)20(30-19)21(32)16-6-3-9-29-22(16)27;1-4-6-16-8-9-19(27-12-11-24-17(14-27)13-15(2)3)26-20(16)21(28)18-7-5-10-25-22(18)23;19-18(20,21)13-6-7-14(25-11-4-1-3-10(22)9-11)26-15(13)16(27)12-5-2-8-24-17(12)23;1-8-7-12(25-24-8)22-11-5-4-10(16(17,18)19)13(23-11)14(26)9-3-2-6-21-15(9)20;;;;;;;;;;;/h2-9,12,18,28H,10-11,13H2,1H3,(H2,27,29);4-10,15,17,24H,11-14H2,1-3H3,(H2,23,25);2,5-8,10-11H,1,3-4,9,22H2,(H2,23,24)(H,25,26);2-7H,1H3,(H2,20,21)(H2,22,23,24,25);11*1H/b;6-4-;;;;;;;;;;;;;/t;17-;;;;;;;;;;;;;/m.0............./s1. The van der Waals surface area contributed by atoms with Crippen molar-refractivity contribution in [1.82, 2.24) is 60.7 Å². The average molecular weight is 1580 g/mol. The zero-order chi connectivity index (χ0) is 81.5. The molecule has 1 aromatic carbocycles. The van der Waals surface area contributed by atoms with Crippen LogP contribution in [-0.2, 0) is 18.5 Å². The number of benzene rings is 1. The molecule has 1 saturated carbocycles. The Morgan fingerprint density at radius 1 is 0.558 bits per heavy atom. The highest BCUT2D eigenvalue weighted by Gasteiger charge is 2.41. The third-order valence-corrected chi connectivity index (χ3v) is 18.3. The molecule has 25 nitrogen and oxygen atoms in total. The topological polar surface area (TPSA) is 385 Å². The Balaban J connectivity index is 0. The number of aromatic amines is 1. The predicted molar refractivity (Wildman–Crippen MR) is 436 cm³/mol. The van der Waals surface area contributed by atoms with Crippen molar-refractivity contribution >= 4 is 81.6 Å². The number of aromatic nitrogens is 10. The van der Waals surface area contributed by atoms with Crippen molar-refractivity contribution in [3.05, 3.63) is 242 Å². The summed E-state index contributed by atoms with van der Waals surface area (Å²) >= 11 is 0. The largest absolute Gasteiger partial charge is 0.418 e. The lowest BCUT2D eigenvalue weighted by atomic mass is 9.91. The van der Waals surface area contributed by atoms with Gasteiger partial charge in [0, 0.05) is 121 Å². The highest BCUT2D eigenvalue weighted by molar-refractivity contribution is 6.14. The minimum atomic E-state index is -4.75. The van der Waals surface area contributed by atoms with Crippen molar-refractivity contribution in [3.63, 3.8) is 0 Å². The lowest BCUT2D eigenvalue weighted by Crippen LogP contribution is -2.51. The van der Waals surface area contributed by atoms with Crippen LogP contribution in [0.15, 0.2) is 158 Å². The van der Waals surface area contributed by atoms with Crippen LogP contribution in [-0.4, -0.2) is 131 Å². The number of pyridine rings is 8. The highest BCUT2D eigenvalue weighted by atomic mass is 19.4. The number of ketones is 4. The first-order chi connectivity index (χ1) is 53.7. The Morgan fingerprint density at radius 2 is 1.03 bits per heavy atom. The van der Waals surface area contributed by atoms with Gasteiger partial charge in [0.15, 0.2) is 5.82 Å². The van der Waals surface area contributed by atoms with E-state index < -0.39 is 69.7 Å². The van der Waals surface area contributed by atoms with Gasteiger partial charge in [0.25, 0.3) is 0 Å². The van der Waals surface area contributed by atoms with Crippen LogP contribution in [0.4, 0.5) is 91.9 Å². The summed E-state index contributed by atoms with van der Waals surface area (Å²) in [5, 5.41) is 19.4. The summed E-state index contributed by atoms with van der Waals surface area (Å²) in [6.07, 6.45) is -0.262. The quantitative estimate of drug-likeness (QED) is 0.0282. The van der Waals surface area contributed by atoms with Gasteiger partial charge in [-0.15, -0.1) is 0 Å². The van der Waals surface area contributed by atoms with E-state index in [1.807, 2.05) is 61.2 Å². The number of piperazine rings is 2. The van der Waals surface area contributed by atoms with Crippen LogP contribution in [0, 0.1) is 19.8 Å². The van der Waals surface area contributed by atoms with Crippen LogP contribution < -0.4 is 59.7 Å². The number of nitrogen functional groups attached to an aromatic ring is 4. The van der Waals surface area contributed by atoms with Crippen LogP contribution in [0.1, 0.15) is 178 Å². The van der Waals surface area contributed by atoms with E-state index in [-0.39, 0.29) is 91.2 Å². The molecule has 0 spiro atoms. The fourth-order valence-corrected chi connectivity index (χ4v) is 13.0. The maximum absolute atomic E-state index is 13.7. The molecule has 0 radical (unpaired) electrons. The summed E-state index contributed by atoms with van der Waals surface area (Å²) < 4.78 is 121. The first kappa shape index (κ1) is 83.2. The molecule has 11 heterocycles. The van der Waals surface area contributed by atoms with Crippen molar-refractivity contribution in [3.8, 4) is 0 Å². The summed E-state index contributed by atoms with van der Waals surface area (Å²) in [4.78, 5) is 87.7. The monoisotopic (exact) mass is 1580 g/mol. The first-order valence-electron chi connectivity index (χ1n) is 36.0.